The van der Waals surface area contributed by atoms with Crippen molar-refractivity contribution in [3.63, 3.8) is 0 Å². The number of hydrogen-bond acceptors (Lipinski definition) is 4. The Morgan fingerprint density at radius 2 is 1.68 bits per heavy atom. The van der Waals surface area contributed by atoms with E-state index >= 15 is 0 Å². The van der Waals surface area contributed by atoms with Crippen LogP contribution in [0.15, 0.2) is 48.5 Å². The van der Waals surface area contributed by atoms with Crippen molar-refractivity contribution < 1.29 is 19.1 Å². The smallest absolute Gasteiger partial charge is 0.338 e. The molecular formula is C26H33NO4. The molecule has 0 N–H and O–H groups in total. The van der Waals surface area contributed by atoms with Crippen molar-refractivity contribution in [3.05, 3.63) is 65.2 Å². The zero-order chi connectivity index (χ0) is 22.4. The van der Waals surface area contributed by atoms with E-state index in [9.17, 15) is 9.59 Å². The molecule has 3 rings (SSSR count). The molecule has 0 spiro atoms. The predicted octanol–water partition coefficient (Wildman–Crippen LogP) is 5.12. The fourth-order valence-electron chi connectivity index (χ4n) is 3.72. The van der Waals surface area contributed by atoms with Crippen molar-refractivity contribution >= 4 is 11.9 Å². The summed E-state index contributed by atoms with van der Waals surface area (Å²) < 4.78 is 11.1. The van der Waals surface area contributed by atoms with Crippen molar-refractivity contribution in [2.75, 3.05) is 13.2 Å². The highest BCUT2D eigenvalue weighted by atomic mass is 16.5. The van der Waals surface area contributed by atoms with E-state index in [0.717, 1.165) is 37.1 Å². The normalized spacial score (nSPS) is 16.6. The molecule has 1 heterocycles. The SMILES string of the molecule is C[C@H]1CCCCN1C(=O)COC(=O)c1ccc(COc2ccc(C(C)(C)C)cc2)cc1. The quantitative estimate of drug-likeness (QED) is 0.605. The van der Waals surface area contributed by atoms with Gasteiger partial charge in [-0.05, 0) is 67.0 Å². The van der Waals surface area contributed by atoms with Gasteiger partial charge in [-0.1, -0.05) is 45.0 Å². The first-order chi connectivity index (χ1) is 14.7. The summed E-state index contributed by atoms with van der Waals surface area (Å²) in [5, 5.41) is 0. The number of amides is 1. The van der Waals surface area contributed by atoms with Gasteiger partial charge in [0.05, 0.1) is 5.56 Å². The van der Waals surface area contributed by atoms with Gasteiger partial charge in [0.2, 0.25) is 0 Å². The molecule has 1 saturated heterocycles. The minimum atomic E-state index is -0.483. The average Bonchev–Trinajstić information content (AvgIpc) is 2.76. The van der Waals surface area contributed by atoms with E-state index in [0.29, 0.717) is 12.2 Å². The summed E-state index contributed by atoms with van der Waals surface area (Å²) in [7, 11) is 0. The summed E-state index contributed by atoms with van der Waals surface area (Å²) in [4.78, 5) is 26.4. The molecule has 1 fully saturated rings. The second-order valence-electron chi connectivity index (χ2n) is 9.27. The molecule has 0 aromatic heterocycles. The number of ether oxygens (including phenoxy) is 2. The molecule has 0 radical (unpaired) electrons. The first-order valence-corrected chi connectivity index (χ1v) is 11.0. The summed E-state index contributed by atoms with van der Waals surface area (Å²) >= 11 is 0. The number of hydrogen-bond donors (Lipinski definition) is 0. The predicted molar refractivity (Wildman–Crippen MR) is 121 cm³/mol. The maximum atomic E-state index is 12.3. The number of piperidine rings is 1. The lowest BCUT2D eigenvalue weighted by atomic mass is 9.87. The second-order valence-corrected chi connectivity index (χ2v) is 9.27. The van der Waals surface area contributed by atoms with Crippen LogP contribution in [0, 0.1) is 0 Å². The van der Waals surface area contributed by atoms with Gasteiger partial charge in [-0.15, -0.1) is 0 Å². The number of nitrogens with zero attached hydrogens (tertiary/aromatic N) is 1. The minimum Gasteiger partial charge on any atom is -0.489 e. The zero-order valence-corrected chi connectivity index (χ0v) is 19.0. The van der Waals surface area contributed by atoms with Gasteiger partial charge in [0.25, 0.3) is 5.91 Å². The Morgan fingerprint density at radius 1 is 1.00 bits per heavy atom. The van der Waals surface area contributed by atoms with Gasteiger partial charge in [-0.3, -0.25) is 4.79 Å². The van der Waals surface area contributed by atoms with Gasteiger partial charge in [0.15, 0.2) is 6.61 Å². The topological polar surface area (TPSA) is 55.8 Å². The highest BCUT2D eigenvalue weighted by Gasteiger charge is 2.24. The van der Waals surface area contributed by atoms with Crippen LogP contribution in [-0.4, -0.2) is 36.0 Å². The van der Waals surface area contributed by atoms with Gasteiger partial charge >= 0.3 is 5.97 Å². The van der Waals surface area contributed by atoms with Crippen LogP contribution in [0.5, 0.6) is 5.75 Å². The number of carbonyl (C=O) groups excluding carboxylic acids is 2. The highest BCUT2D eigenvalue weighted by molar-refractivity contribution is 5.91. The third-order valence-corrected chi connectivity index (χ3v) is 5.77. The van der Waals surface area contributed by atoms with Gasteiger partial charge < -0.3 is 14.4 Å². The zero-order valence-electron chi connectivity index (χ0n) is 19.0. The van der Waals surface area contributed by atoms with Gasteiger partial charge in [0, 0.05) is 12.6 Å². The fraction of sp³-hybridized carbons (Fsp3) is 0.462. The van der Waals surface area contributed by atoms with Crippen LogP contribution in [0.1, 0.15) is 68.4 Å². The van der Waals surface area contributed by atoms with Crippen molar-refractivity contribution in [1.29, 1.82) is 0 Å². The molecule has 1 aliphatic heterocycles. The standard InChI is InChI=1S/C26H33NO4/c1-19-7-5-6-16-27(19)24(28)18-31-25(29)21-10-8-20(9-11-21)17-30-23-14-12-22(13-15-23)26(2,3)4/h8-15,19H,5-7,16-18H2,1-4H3/t19-/m0/s1. The van der Waals surface area contributed by atoms with Crippen LogP contribution in [0.25, 0.3) is 0 Å². The molecule has 2 aromatic rings. The molecule has 0 aliphatic carbocycles. The van der Waals surface area contributed by atoms with E-state index in [-0.39, 0.29) is 24.0 Å². The summed E-state index contributed by atoms with van der Waals surface area (Å²) in [5.41, 5.74) is 2.75. The van der Waals surface area contributed by atoms with Crippen LogP contribution in [0.3, 0.4) is 0 Å². The second kappa shape index (κ2) is 9.99. The average molecular weight is 424 g/mol. The van der Waals surface area contributed by atoms with Crippen LogP contribution < -0.4 is 4.74 Å². The summed E-state index contributed by atoms with van der Waals surface area (Å²) in [6, 6.07) is 15.4. The Labute approximate surface area is 185 Å². The Kier molecular flexibility index (Phi) is 7.37. The Morgan fingerprint density at radius 3 is 2.29 bits per heavy atom. The van der Waals surface area contributed by atoms with Crippen molar-refractivity contribution in [2.24, 2.45) is 0 Å². The fourth-order valence-corrected chi connectivity index (χ4v) is 3.72. The maximum absolute atomic E-state index is 12.3. The molecule has 2 aromatic carbocycles. The molecule has 1 aliphatic rings. The number of rotatable bonds is 6. The lowest BCUT2D eigenvalue weighted by Crippen LogP contribution is -2.44. The van der Waals surface area contributed by atoms with Crippen LogP contribution in [-0.2, 0) is 21.6 Å². The van der Waals surface area contributed by atoms with E-state index in [1.165, 1.54) is 5.56 Å². The van der Waals surface area contributed by atoms with E-state index in [1.807, 2.05) is 36.1 Å². The van der Waals surface area contributed by atoms with Gasteiger partial charge in [-0.25, -0.2) is 4.79 Å². The molecule has 166 valence electrons. The number of likely N-dealkylation sites (tertiary alicyclic amines) is 1. The lowest BCUT2D eigenvalue weighted by molar-refractivity contribution is -0.137. The van der Waals surface area contributed by atoms with Crippen LogP contribution >= 0.6 is 0 Å². The number of carbonyl (C=O) groups is 2. The molecule has 5 nitrogen and oxygen atoms in total. The lowest BCUT2D eigenvalue weighted by Gasteiger charge is -2.33. The van der Waals surface area contributed by atoms with Gasteiger partial charge in [-0.2, -0.15) is 0 Å². The summed E-state index contributed by atoms with van der Waals surface area (Å²) in [6.07, 6.45) is 3.15. The number of esters is 1. The first-order valence-electron chi connectivity index (χ1n) is 11.0. The molecular weight excluding hydrogens is 390 g/mol. The number of benzene rings is 2. The van der Waals surface area contributed by atoms with E-state index in [1.54, 1.807) is 12.1 Å². The summed E-state index contributed by atoms with van der Waals surface area (Å²) in [5.74, 6) is 0.202. The molecule has 1 atom stereocenters. The molecule has 1 amide bonds. The molecule has 31 heavy (non-hydrogen) atoms. The van der Waals surface area contributed by atoms with Gasteiger partial charge in [0.1, 0.15) is 12.4 Å². The third-order valence-electron chi connectivity index (χ3n) is 5.77. The van der Waals surface area contributed by atoms with Crippen molar-refractivity contribution in [3.8, 4) is 5.75 Å². The Balaban J connectivity index is 1.48. The van der Waals surface area contributed by atoms with E-state index in [2.05, 4.69) is 32.9 Å². The maximum Gasteiger partial charge on any atom is 0.338 e. The molecule has 0 unspecified atom stereocenters. The third kappa shape index (κ3) is 6.33. The van der Waals surface area contributed by atoms with Crippen LogP contribution in [0.4, 0.5) is 0 Å². The monoisotopic (exact) mass is 423 g/mol. The minimum absolute atomic E-state index is 0.111. The molecule has 0 saturated carbocycles. The van der Waals surface area contributed by atoms with Crippen molar-refractivity contribution in [1.82, 2.24) is 4.90 Å². The molecule has 5 heteroatoms. The van der Waals surface area contributed by atoms with Crippen molar-refractivity contribution in [2.45, 2.75) is 65.0 Å². The highest BCUT2D eigenvalue weighted by Crippen LogP contribution is 2.24. The van der Waals surface area contributed by atoms with Crippen LogP contribution in [0.2, 0.25) is 0 Å². The molecule has 0 bridgehead atoms. The Bertz CT molecular complexity index is 881. The van der Waals surface area contributed by atoms with E-state index in [4.69, 9.17) is 9.47 Å². The largest absolute Gasteiger partial charge is 0.489 e. The Hall–Kier alpha value is -2.82. The summed E-state index contributed by atoms with van der Waals surface area (Å²) in [6.45, 7) is 9.52. The van der Waals surface area contributed by atoms with E-state index < -0.39 is 5.97 Å². The first kappa shape index (κ1) is 22.9.